The van der Waals surface area contributed by atoms with E-state index >= 15 is 0 Å². The number of benzene rings is 2. The molecule has 0 heterocycles. The minimum Gasteiger partial charge on any atom is -0.478 e. The van der Waals surface area contributed by atoms with Crippen molar-refractivity contribution in [3.63, 3.8) is 0 Å². The number of carboxylic acid groups (broad SMARTS) is 1. The Labute approximate surface area is 121 Å². The molecule has 0 unspecified atom stereocenters. The van der Waals surface area contributed by atoms with E-state index in [0.717, 1.165) is 12.1 Å². The third-order valence-electron chi connectivity index (χ3n) is 2.58. The van der Waals surface area contributed by atoms with Gasteiger partial charge in [0.05, 0.1) is 27.1 Å². The van der Waals surface area contributed by atoms with Gasteiger partial charge in [0.1, 0.15) is 11.6 Å². The number of carboxylic acids is 1. The molecule has 0 fully saturated rings. The lowest BCUT2D eigenvalue weighted by Crippen LogP contribution is -2.03. The van der Waals surface area contributed by atoms with Crippen LogP contribution in [0, 0.1) is 11.6 Å². The van der Waals surface area contributed by atoms with Crippen molar-refractivity contribution in [3.05, 3.63) is 52.0 Å². The molecule has 0 radical (unpaired) electrons. The molecule has 2 aromatic rings. The molecule has 4 nitrogen and oxygen atoms in total. The van der Waals surface area contributed by atoms with Gasteiger partial charge in [-0.15, -0.1) is 0 Å². The maximum absolute atomic E-state index is 13.7. The van der Waals surface area contributed by atoms with Crippen LogP contribution in [0.2, 0.25) is 0 Å². The highest BCUT2D eigenvalue weighted by atomic mass is 79.9. The molecule has 0 saturated carbocycles. The van der Waals surface area contributed by atoms with Gasteiger partial charge in [0.15, 0.2) is 0 Å². The second-order valence-corrected chi connectivity index (χ2v) is 4.83. The first-order valence-electron chi connectivity index (χ1n) is 5.43. The number of halogens is 3. The molecular formula is C13H9BrF2N2O2. The van der Waals surface area contributed by atoms with Crippen molar-refractivity contribution in [1.82, 2.24) is 0 Å². The molecule has 104 valence electrons. The molecule has 0 aliphatic heterocycles. The van der Waals surface area contributed by atoms with Crippen molar-refractivity contribution < 1.29 is 18.7 Å². The Balaban J connectivity index is 2.42. The lowest BCUT2D eigenvalue weighted by Gasteiger charge is -2.11. The van der Waals surface area contributed by atoms with Gasteiger partial charge in [-0.1, -0.05) is 0 Å². The fourth-order valence-corrected chi connectivity index (χ4v) is 1.88. The van der Waals surface area contributed by atoms with Gasteiger partial charge in [0, 0.05) is 6.07 Å². The highest BCUT2D eigenvalue weighted by Crippen LogP contribution is 2.29. The van der Waals surface area contributed by atoms with Crippen LogP contribution in [0.3, 0.4) is 0 Å². The summed E-state index contributed by atoms with van der Waals surface area (Å²) in [6.45, 7) is 0. The maximum atomic E-state index is 13.7. The van der Waals surface area contributed by atoms with Gasteiger partial charge in [-0.2, -0.15) is 0 Å². The van der Waals surface area contributed by atoms with E-state index < -0.39 is 17.6 Å². The summed E-state index contributed by atoms with van der Waals surface area (Å²) in [5.74, 6) is -2.49. The Morgan fingerprint density at radius 3 is 2.50 bits per heavy atom. The molecule has 0 spiro atoms. The summed E-state index contributed by atoms with van der Waals surface area (Å²) in [5, 5.41) is 11.5. The van der Waals surface area contributed by atoms with E-state index in [1.54, 1.807) is 0 Å². The fourth-order valence-electron chi connectivity index (χ4n) is 1.56. The summed E-state index contributed by atoms with van der Waals surface area (Å²) in [6, 6.07) is 5.86. The predicted molar refractivity (Wildman–Crippen MR) is 75.2 cm³/mol. The Morgan fingerprint density at radius 2 is 1.85 bits per heavy atom. The minimum atomic E-state index is -1.14. The van der Waals surface area contributed by atoms with E-state index in [-0.39, 0.29) is 27.1 Å². The van der Waals surface area contributed by atoms with E-state index in [9.17, 15) is 13.6 Å². The van der Waals surface area contributed by atoms with E-state index in [1.165, 1.54) is 18.2 Å². The molecule has 2 aromatic carbocycles. The smallest absolute Gasteiger partial charge is 0.335 e. The topological polar surface area (TPSA) is 75.4 Å². The second kappa shape index (κ2) is 5.46. The van der Waals surface area contributed by atoms with Crippen molar-refractivity contribution in [1.29, 1.82) is 0 Å². The molecule has 0 aliphatic rings. The minimum absolute atomic E-state index is 0.00666. The van der Waals surface area contributed by atoms with E-state index in [0.29, 0.717) is 0 Å². The summed E-state index contributed by atoms with van der Waals surface area (Å²) in [5.41, 5.74) is 5.93. The highest BCUT2D eigenvalue weighted by Gasteiger charge is 2.11. The average Bonchev–Trinajstić information content (AvgIpc) is 2.38. The Hall–Kier alpha value is -2.15. The third-order valence-corrected chi connectivity index (χ3v) is 3.19. The number of anilines is 3. The van der Waals surface area contributed by atoms with Crippen LogP contribution in [0.5, 0.6) is 0 Å². The van der Waals surface area contributed by atoms with E-state index in [1.807, 2.05) is 0 Å². The summed E-state index contributed by atoms with van der Waals surface area (Å²) in [6.07, 6.45) is 0. The number of hydrogen-bond acceptors (Lipinski definition) is 3. The lowest BCUT2D eigenvalue weighted by atomic mass is 10.1. The summed E-state index contributed by atoms with van der Waals surface area (Å²) in [7, 11) is 0. The van der Waals surface area contributed by atoms with Crippen LogP contribution in [0.4, 0.5) is 25.8 Å². The monoisotopic (exact) mass is 342 g/mol. The molecule has 20 heavy (non-hydrogen) atoms. The van der Waals surface area contributed by atoms with Crippen LogP contribution < -0.4 is 11.1 Å². The van der Waals surface area contributed by atoms with Gasteiger partial charge >= 0.3 is 5.97 Å². The Morgan fingerprint density at radius 1 is 1.15 bits per heavy atom. The van der Waals surface area contributed by atoms with Gasteiger partial charge in [0.25, 0.3) is 0 Å². The average molecular weight is 343 g/mol. The largest absolute Gasteiger partial charge is 0.478 e. The molecule has 0 saturated heterocycles. The predicted octanol–water partition coefficient (Wildman–Crippen LogP) is 3.75. The zero-order chi connectivity index (χ0) is 14.9. The Kier molecular flexibility index (Phi) is 3.89. The summed E-state index contributed by atoms with van der Waals surface area (Å²) in [4.78, 5) is 10.9. The van der Waals surface area contributed by atoms with Crippen LogP contribution in [-0.2, 0) is 0 Å². The molecule has 0 amide bonds. The third kappa shape index (κ3) is 2.88. The van der Waals surface area contributed by atoms with Crippen LogP contribution in [0.25, 0.3) is 0 Å². The van der Waals surface area contributed by atoms with E-state index in [4.69, 9.17) is 10.8 Å². The van der Waals surface area contributed by atoms with Gasteiger partial charge in [-0.05, 0) is 40.2 Å². The van der Waals surface area contributed by atoms with Crippen molar-refractivity contribution in [2.45, 2.75) is 0 Å². The van der Waals surface area contributed by atoms with Gasteiger partial charge < -0.3 is 16.2 Å². The normalized spacial score (nSPS) is 10.3. The SMILES string of the molecule is Nc1ccc(C(=O)O)cc1Nc1cc(F)c(Br)cc1F. The molecule has 0 atom stereocenters. The number of nitrogens with two attached hydrogens (primary N) is 1. The van der Waals surface area contributed by atoms with Crippen LogP contribution in [0.15, 0.2) is 34.8 Å². The molecule has 2 rings (SSSR count). The van der Waals surface area contributed by atoms with Crippen LogP contribution in [-0.4, -0.2) is 11.1 Å². The number of nitrogens with one attached hydrogen (secondary N) is 1. The van der Waals surface area contributed by atoms with E-state index in [2.05, 4.69) is 21.2 Å². The van der Waals surface area contributed by atoms with Crippen molar-refractivity contribution in [2.24, 2.45) is 0 Å². The fraction of sp³-hybridized carbons (Fsp3) is 0. The molecule has 4 N–H and O–H groups in total. The van der Waals surface area contributed by atoms with Crippen molar-refractivity contribution in [3.8, 4) is 0 Å². The molecule has 0 aliphatic carbocycles. The number of rotatable bonds is 3. The zero-order valence-corrected chi connectivity index (χ0v) is 11.5. The number of aromatic carboxylic acids is 1. The number of nitrogen functional groups attached to an aromatic ring is 1. The molecule has 0 aromatic heterocycles. The van der Waals surface area contributed by atoms with Gasteiger partial charge in [0.2, 0.25) is 0 Å². The standard InChI is InChI=1S/C13H9BrF2N2O2/c14-7-4-9(16)11(5-8(7)15)18-12-3-6(13(19)20)1-2-10(12)17/h1-5,18H,17H2,(H,19,20). The maximum Gasteiger partial charge on any atom is 0.335 e. The van der Waals surface area contributed by atoms with Crippen molar-refractivity contribution >= 4 is 39.0 Å². The Bertz CT molecular complexity index is 692. The summed E-state index contributed by atoms with van der Waals surface area (Å²) >= 11 is 2.87. The molecule has 7 heteroatoms. The first-order valence-corrected chi connectivity index (χ1v) is 6.22. The van der Waals surface area contributed by atoms with Crippen LogP contribution in [0.1, 0.15) is 10.4 Å². The molecule has 0 bridgehead atoms. The quantitative estimate of drug-likeness (QED) is 0.586. The second-order valence-electron chi connectivity index (χ2n) is 3.98. The number of hydrogen-bond donors (Lipinski definition) is 3. The number of carbonyl (C=O) groups is 1. The van der Waals surface area contributed by atoms with Gasteiger partial charge in [-0.3, -0.25) is 0 Å². The van der Waals surface area contributed by atoms with Gasteiger partial charge in [-0.25, -0.2) is 13.6 Å². The zero-order valence-electron chi connectivity index (χ0n) is 9.95. The van der Waals surface area contributed by atoms with Crippen LogP contribution >= 0.6 is 15.9 Å². The first-order chi connectivity index (χ1) is 9.38. The lowest BCUT2D eigenvalue weighted by molar-refractivity contribution is 0.0697. The molecular weight excluding hydrogens is 334 g/mol. The van der Waals surface area contributed by atoms with Crippen molar-refractivity contribution in [2.75, 3.05) is 11.1 Å². The highest BCUT2D eigenvalue weighted by molar-refractivity contribution is 9.10. The first kappa shape index (κ1) is 14.3. The summed E-state index contributed by atoms with van der Waals surface area (Å²) < 4.78 is 27.1.